The fraction of sp³-hybridized carbons (Fsp3) is 0.333. The Kier molecular flexibility index (Phi) is 9.31. The highest BCUT2D eigenvalue weighted by atomic mass is 32.1. The molecule has 0 bridgehead atoms. The van der Waals surface area contributed by atoms with Crippen LogP contribution >= 0.6 is 11.3 Å². The molecule has 2 aromatic heterocycles. The van der Waals surface area contributed by atoms with E-state index in [1.54, 1.807) is 53.6 Å². The third kappa shape index (κ3) is 6.88. The summed E-state index contributed by atoms with van der Waals surface area (Å²) in [6.45, 7) is 1.67. The Labute approximate surface area is 274 Å². The SMILES string of the molecule is CC(=O)N1CCC[C@H]1C(=O)Nc1cn2cc(-c3ccc(NC(=O)[C@@H]4CCCN4C(=O)[C@H](NC(=O)CO)c4ccccc4)cc3)sc2n1. The Morgan fingerprint density at radius 3 is 2.21 bits per heavy atom. The lowest BCUT2D eigenvalue weighted by Gasteiger charge is -2.29. The molecule has 2 aliphatic rings. The van der Waals surface area contributed by atoms with Crippen molar-refractivity contribution >= 4 is 57.3 Å². The van der Waals surface area contributed by atoms with Crippen LogP contribution in [0.2, 0.25) is 0 Å². The number of nitrogens with zero attached hydrogens (tertiary/aromatic N) is 4. The molecule has 2 aliphatic heterocycles. The number of hydrogen-bond acceptors (Lipinski definition) is 8. The number of rotatable bonds is 9. The second-order valence-electron chi connectivity index (χ2n) is 11.6. The molecule has 0 spiro atoms. The van der Waals surface area contributed by atoms with Gasteiger partial charge in [0.15, 0.2) is 10.8 Å². The third-order valence-electron chi connectivity index (χ3n) is 8.47. The standard InChI is InChI=1S/C33H35N7O6S/c1-20(42)39-15-5-9-24(39)31(45)35-27-18-38-17-26(47-33(38)36-27)21-11-13-23(14-12-21)34-30(44)25-10-6-16-40(25)32(46)29(37-28(43)19-41)22-7-3-2-4-8-22/h2-4,7-8,11-14,17-18,24-25,29,41H,5-6,9-10,15-16,19H2,1H3,(H,34,44)(H,35,45)(H,37,43)/t24-,25-,29+/m0/s1. The summed E-state index contributed by atoms with van der Waals surface area (Å²) in [7, 11) is 0. The number of aliphatic hydroxyl groups is 1. The van der Waals surface area contributed by atoms with Gasteiger partial charge in [-0.1, -0.05) is 53.8 Å². The quantitative estimate of drug-likeness (QED) is 0.215. The van der Waals surface area contributed by atoms with Gasteiger partial charge < -0.3 is 30.9 Å². The molecular formula is C33H35N7O6S. The molecule has 2 fully saturated rings. The second kappa shape index (κ2) is 13.7. The van der Waals surface area contributed by atoms with Crippen molar-refractivity contribution in [3.8, 4) is 10.4 Å². The van der Waals surface area contributed by atoms with Crippen LogP contribution in [0.4, 0.5) is 11.5 Å². The molecule has 4 N–H and O–H groups in total. The molecule has 14 heteroatoms. The van der Waals surface area contributed by atoms with Crippen LogP contribution in [-0.2, 0) is 24.0 Å². The summed E-state index contributed by atoms with van der Waals surface area (Å²) in [6, 6.07) is 13.9. The predicted molar refractivity (Wildman–Crippen MR) is 175 cm³/mol. The van der Waals surface area contributed by atoms with Gasteiger partial charge in [-0.25, -0.2) is 4.98 Å². The van der Waals surface area contributed by atoms with Crippen LogP contribution < -0.4 is 16.0 Å². The predicted octanol–water partition coefficient (Wildman–Crippen LogP) is 2.79. The van der Waals surface area contributed by atoms with E-state index in [9.17, 15) is 29.1 Å². The number of amides is 5. The van der Waals surface area contributed by atoms with Crippen LogP contribution in [0.5, 0.6) is 0 Å². The number of imidazole rings is 1. The molecule has 4 aromatic rings. The van der Waals surface area contributed by atoms with Gasteiger partial charge in [0.1, 0.15) is 24.7 Å². The number of aromatic nitrogens is 2. The number of fused-ring (bicyclic) bond motifs is 1. The van der Waals surface area contributed by atoms with E-state index in [1.165, 1.54) is 23.2 Å². The Bertz CT molecular complexity index is 1770. The highest BCUT2D eigenvalue weighted by Crippen LogP contribution is 2.31. The van der Waals surface area contributed by atoms with Gasteiger partial charge in [-0.3, -0.25) is 28.4 Å². The van der Waals surface area contributed by atoms with Crippen LogP contribution in [-0.4, -0.2) is 85.6 Å². The molecule has 6 rings (SSSR count). The van der Waals surface area contributed by atoms with Crippen molar-refractivity contribution in [2.24, 2.45) is 0 Å². The minimum absolute atomic E-state index is 0.113. The van der Waals surface area contributed by atoms with Gasteiger partial charge in [-0.2, -0.15) is 0 Å². The van der Waals surface area contributed by atoms with Crippen molar-refractivity contribution in [2.75, 3.05) is 30.3 Å². The minimum atomic E-state index is -1.02. The summed E-state index contributed by atoms with van der Waals surface area (Å²) in [5, 5.41) is 17.6. The number of nitrogens with one attached hydrogen (secondary N) is 3. The van der Waals surface area contributed by atoms with E-state index in [-0.39, 0.29) is 17.7 Å². The van der Waals surface area contributed by atoms with Gasteiger partial charge in [-0.05, 0) is 48.9 Å². The van der Waals surface area contributed by atoms with E-state index in [4.69, 9.17) is 0 Å². The zero-order valence-corrected chi connectivity index (χ0v) is 26.5. The lowest BCUT2D eigenvalue weighted by molar-refractivity contribution is -0.140. The van der Waals surface area contributed by atoms with Crippen LogP contribution in [0.3, 0.4) is 0 Å². The van der Waals surface area contributed by atoms with Crippen molar-refractivity contribution in [1.29, 1.82) is 0 Å². The van der Waals surface area contributed by atoms with Crippen LogP contribution in [0.15, 0.2) is 67.0 Å². The van der Waals surface area contributed by atoms with Gasteiger partial charge >= 0.3 is 0 Å². The number of likely N-dealkylation sites (tertiary alicyclic amines) is 2. The fourth-order valence-corrected chi connectivity index (χ4v) is 7.14. The molecule has 0 radical (unpaired) electrons. The summed E-state index contributed by atoms with van der Waals surface area (Å²) in [5.41, 5.74) is 2.05. The number of benzene rings is 2. The molecule has 47 heavy (non-hydrogen) atoms. The molecule has 244 valence electrons. The first-order chi connectivity index (χ1) is 22.7. The first-order valence-corrected chi connectivity index (χ1v) is 16.3. The first kappa shape index (κ1) is 31.9. The lowest BCUT2D eigenvalue weighted by atomic mass is 10.0. The van der Waals surface area contributed by atoms with Crippen molar-refractivity contribution in [1.82, 2.24) is 24.5 Å². The van der Waals surface area contributed by atoms with E-state index in [0.717, 1.165) is 16.9 Å². The molecule has 0 aliphatic carbocycles. The van der Waals surface area contributed by atoms with Crippen molar-refractivity contribution in [2.45, 2.75) is 50.7 Å². The van der Waals surface area contributed by atoms with Crippen LogP contribution in [0.25, 0.3) is 15.4 Å². The average Bonchev–Trinajstić information content (AvgIpc) is 3.88. The maximum Gasteiger partial charge on any atom is 0.250 e. The first-order valence-electron chi connectivity index (χ1n) is 15.5. The molecule has 4 heterocycles. The molecule has 5 amide bonds. The van der Waals surface area contributed by atoms with Crippen molar-refractivity contribution in [3.05, 3.63) is 72.6 Å². The van der Waals surface area contributed by atoms with Crippen molar-refractivity contribution < 1.29 is 29.1 Å². The molecule has 3 atom stereocenters. The summed E-state index contributed by atoms with van der Waals surface area (Å²) in [5.74, 6) is -1.34. The third-order valence-corrected chi connectivity index (χ3v) is 9.52. The summed E-state index contributed by atoms with van der Waals surface area (Å²) >= 11 is 1.45. The van der Waals surface area contributed by atoms with Gasteiger partial charge in [0.05, 0.1) is 11.1 Å². The molecule has 0 unspecified atom stereocenters. The van der Waals surface area contributed by atoms with Crippen molar-refractivity contribution in [3.63, 3.8) is 0 Å². The number of carbonyl (C=O) groups is 5. The Hall–Kier alpha value is -5.08. The van der Waals surface area contributed by atoms with Gasteiger partial charge in [-0.15, -0.1) is 0 Å². The molecule has 2 aromatic carbocycles. The summed E-state index contributed by atoms with van der Waals surface area (Å²) < 4.78 is 1.83. The monoisotopic (exact) mass is 657 g/mol. The Balaban J connectivity index is 1.09. The second-order valence-corrected chi connectivity index (χ2v) is 12.6. The lowest BCUT2D eigenvalue weighted by Crippen LogP contribution is -2.49. The smallest absolute Gasteiger partial charge is 0.250 e. The number of hydrogen-bond donors (Lipinski definition) is 4. The van der Waals surface area contributed by atoms with E-state index < -0.39 is 36.5 Å². The Morgan fingerprint density at radius 2 is 1.55 bits per heavy atom. The maximum atomic E-state index is 13.6. The fourth-order valence-electron chi connectivity index (χ4n) is 6.17. The number of anilines is 2. The molecule has 13 nitrogen and oxygen atoms in total. The average molecular weight is 658 g/mol. The summed E-state index contributed by atoms with van der Waals surface area (Å²) in [4.78, 5) is 72.8. The van der Waals surface area contributed by atoms with E-state index in [2.05, 4.69) is 20.9 Å². The largest absolute Gasteiger partial charge is 0.387 e. The highest BCUT2D eigenvalue weighted by molar-refractivity contribution is 7.20. The zero-order valence-electron chi connectivity index (χ0n) is 25.7. The zero-order chi connectivity index (χ0) is 33.1. The molecule has 0 saturated carbocycles. The Morgan fingerprint density at radius 1 is 0.894 bits per heavy atom. The van der Waals surface area contributed by atoms with Gasteiger partial charge in [0, 0.05) is 31.9 Å². The van der Waals surface area contributed by atoms with E-state index in [0.29, 0.717) is 54.4 Å². The van der Waals surface area contributed by atoms with E-state index >= 15 is 0 Å². The van der Waals surface area contributed by atoms with Gasteiger partial charge in [0.25, 0.3) is 0 Å². The number of aliphatic hydroxyl groups excluding tert-OH is 1. The maximum absolute atomic E-state index is 13.6. The summed E-state index contributed by atoms with van der Waals surface area (Å²) in [6.07, 6.45) is 6.20. The highest BCUT2D eigenvalue weighted by Gasteiger charge is 2.38. The normalized spacial score (nSPS) is 18.3. The number of carbonyl (C=O) groups excluding carboxylic acids is 5. The van der Waals surface area contributed by atoms with E-state index in [1.807, 2.05) is 22.7 Å². The molecule has 2 saturated heterocycles. The molecular weight excluding hydrogens is 622 g/mol. The van der Waals surface area contributed by atoms with Crippen LogP contribution in [0, 0.1) is 0 Å². The van der Waals surface area contributed by atoms with Gasteiger partial charge in [0.2, 0.25) is 29.5 Å². The topological polar surface area (TPSA) is 165 Å². The number of thiazole rings is 1. The van der Waals surface area contributed by atoms with Crippen LogP contribution in [0.1, 0.15) is 44.2 Å². The minimum Gasteiger partial charge on any atom is -0.387 e.